The highest BCUT2D eigenvalue weighted by Gasteiger charge is 2.45. The highest BCUT2D eigenvalue weighted by atomic mass is 15.1. The topological polar surface area (TPSA) is 3.24 Å². The summed E-state index contributed by atoms with van der Waals surface area (Å²) >= 11 is 0. The van der Waals surface area contributed by atoms with E-state index in [0.29, 0.717) is 0 Å². The lowest BCUT2D eigenvalue weighted by atomic mass is 9.60. The van der Waals surface area contributed by atoms with Gasteiger partial charge in [-0.3, -0.25) is 0 Å². The Kier molecular flexibility index (Phi) is 9.13. The molecule has 1 heteroatoms. The molecular weight excluding hydrogens is 771 g/mol. The molecule has 0 spiro atoms. The van der Waals surface area contributed by atoms with Gasteiger partial charge in [0.15, 0.2) is 0 Å². The second-order valence-corrected chi connectivity index (χ2v) is 16.7. The Morgan fingerprint density at radius 3 is 1.55 bits per heavy atom. The highest BCUT2D eigenvalue weighted by Crippen LogP contribution is 2.58. The number of nitrogens with zero attached hydrogens (tertiary/aromatic N) is 1. The second-order valence-electron chi connectivity index (χ2n) is 16.7. The predicted octanol–water partition coefficient (Wildman–Crippen LogP) is 16.8. The van der Waals surface area contributed by atoms with Crippen molar-refractivity contribution in [1.29, 1.82) is 0 Å². The van der Waals surface area contributed by atoms with Gasteiger partial charge >= 0.3 is 0 Å². The Hall–Kier alpha value is -8.26. The molecule has 1 unspecified atom stereocenters. The summed E-state index contributed by atoms with van der Waals surface area (Å²) in [6.07, 6.45) is 0. The summed E-state index contributed by atoms with van der Waals surface area (Å²) in [5.41, 5.74) is 17.1. The van der Waals surface area contributed by atoms with Crippen LogP contribution in [0, 0.1) is 0 Å². The van der Waals surface area contributed by atoms with Gasteiger partial charge in [0.25, 0.3) is 0 Å². The standard InChI is InChI=1S/C63H43N/c1-4-21-45(22-5-1)62-56-34-20-37-60(62)63(47-24-6-2-7-25-47,58-35-17-16-33-55(58)52-30-13-14-31-53(52)56)59-36-18-19-38-61(59)64(48-26-8-3-9-27-48)49-41-39-44(40-42-49)57-43-46-23-10-11-28-50(46)51-29-12-15-32-54(51)57/h1-43H. The van der Waals surface area contributed by atoms with Crippen LogP contribution in [-0.2, 0) is 5.41 Å². The molecule has 11 aromatic carbocycles. The molecule has 300 valence electrons. The number of anilines is 3. The van der Waals surface area contributed by atoms with Crippen molar-refractivity contribution in [2.24, 2.45) is 0 Å². The largest absolute Gasteiger partial charge is 0.310 e. The molecule has 0 saturated heterocycles. The smallest absolute Gasteiger partial charge is 0.0734 e. The van der Waals surface area contributed by atoms with Crippen LogP contribution in [0.5, 0.6) is 0 Å². The summed E-state index contributed by atoms with van der Waals surface area (Å²) in [5.74, 6) is 0. The molecule has 0 aliphatic heterocycles. The number of rotatable bonds is 7. The van der Waals surface area contributed by atoms with Crippen LogP contribution in [-0.4, -0.2) is 0 Å². The maximum Gasteiger partial charge on any atom is 0.0734 e. The minimum atomic E-state index is -0.778. The zero-order valence-corrected chi connectivity index (χ0v) is 35.3. The third-order valence-electron chi connectivity index (χ3n) is 13.3. The van der Waals surface area contributed by atoms with Crippen LogP contribution in [0.15, 0.2) is 261 Å². The van der Waals surface area contributed by atoms with Crippen LogP contribution in [0.2, 0.25) is 0 Å². The van der Waals surface area contributed by atoms with Crippen molar-refractivity contribution in [2.45, 2.75) is 5.41 Å². The Balaban J connectivity index is 1.16. The molecule has 0 N–H and O–H groups in total. The van der Waals surface area contributed by atoms with Crippen molar-refractivity contribution in [1.82, 2.24) is 0 Å². The maximum atomic E-state index is 2.46. The fourth-order valence-electron chi connectivity index (χ4n) is 10.7. The third-order valence-corrected chi connectivity index (χ3v) is 13.3. The van der Waals surface area contributed by atoms with Crippen molar-refractivity contribution in [3.05, 3.63) is 283 Å². The number of fused-ring (bicyclic) bond motifs is 9. The zero-order valence-electron chi connectivity index (χ0n) is 35.3. The van der Waals surface area contributed by atoms with E-state index in [1.54, 1.807) is 0 Å². The Morgan fingerprint density at radius 1 is 0.281 bits per heavy atom. The van der Waals surface area contributed by atoms with Crippen molar-refractivity contribution in [3.8, 4) is 44.5 Å². The molecule has 1 aliphatic carbocycles. The molecule has 2 bridgehead atoms. The molecule has 1 nitrogen and oxygen atoms in total. The summed E-state index contributed by atoms with van der Waals surface area (Å²) in [4.78, 5) is 2.46. The summed E-state index contributed by atoms with van der Waals surface area (Å²) < 4.78 is 0. The first-order valence-corrected chi connectivity index (χ1v) is 22.2. The van der Waals surface area contributed by atoms with Crippen LogP contribution in [0.1, 0.15) is 22.3 Å². The average molecular weight is 814 g/mol. The van der Waals surface area contributed by atoms with Gasteiger partial charge in [0.2, 0.25) is 0 Å². The van der Waals surface area contributed by atoms with Gasteiger partial charge in [-0.2, -0.15) is 0 Å². The molecule has 0 fully saturated rings. The monoisotopic (exact) mass is 813 g/mol. The van der Waals surface area contributed by atoms with Gasteiger partial charge in [0, 0.05) is 11.4 Å². The molecule has 64 heavy (non-hydrogen) atoms. The Labute approximate surface area is 374 Å². The number of benzene rings is 11. The fraction of sp³-hybridized carbons (Fsp3) is 0.0159. The van der Waals surface area contributed by atoms with Crippen LogP contribution in [0.25, 0.3) is 66.1 Å². The summed E-state index contributed by atoms with van der Waals surface area (Å²) in [5, 5.41) is 5.04. The first kappa shape index (κ1) is 37.5. The van der Waals surface area contributed by atoms with E-state index in [-0.39, 0.29) is 0 Å². The summed E-state index contributed by atoms with van der Waals surface area (Å²) in [6, 6.07) is 96.3. The van der Waals surface area contributed by atoms with Gasteiger partial charge in [0.05, 0.1) is 11.1 Å². The molecule has 1 aliphatic rings. The summed E-state index contributed by atoms with van der Waals surface area (Å²) in [7, 11) is 0. The van der Waals surface area contributed by atoms with Crippen molar-refractivity contribution in [3.63, 3.8) is 0 Å². The summed E-state index contributed by atoms with van der Waals surface area (Å²) in [6.45, 7) is 0. The van der Waals surface area contributed by atoms with Gasteiger partial charge in [-0.15, -0.1) is 0 Å². The van der Waals surface area contributed by atoms with Gasteiger partial charge in [-0.25, -0.2) is 0 Å². The van der Waals surface area contributed by atoms with Gasteiger partial charge in [0.1, 0.15) is 0 Å². The van der Waals surface area contributed by atoms with E-state index in [1.165, 1.54) is 88.3 Å². The number of para-hydroxylation sites is 2. The lowest BCUT2D eigenvalue weighted by molar-refractivity contribution is 0.748. The predicted molar refractivity (Wildman–Crippen MR) is 270 cm³/mol. The third kappa shape index (κ3) is 5.93. The lowest BCUT2D eigenvalue weighted by Gasteiger charge is -2.43. The van der Waals surface area contributed by atoms with Crippen LogP contribution in [0.3, 0.4) is 0 Å². The van der Waals surface area contributed by atoms with E-state index < -0.39 is 5.41 Å². The van der Waals surface area contributed by atoms with Gasteiger partial charge in [-0.1, -0.05) is 224 Å². The molecule has 0 heterocycles. The molecule has 0 saturated carbocycles. The van der Waals surface area contributed by atoms with Gasteiger partial charge < -0.3 is 4.90 Å². The van der Waals surface area contributed by atoms with Crippen LogP contribution >= 0.6 is 0 Å². The molecule has 1 atom stereocenters. The molecular formula is C63H43N. The minimum absolute atomic E-state index is 0.778. The first-order valence-electron chi connectivity index (χ1n) is 22.2. The van der Waals surface area contributed by atoms with Crippen LogP contribution in [0.4, 0.5) is 17.1 Å². The minimum Gasteiger partial charge on any atom is -0.310 e. The Bertz CT molecular complexity index is 3480. The molecule has 12 rings (SSSR count). The van der Waals surface area contributed by atoms with E-state index in [2.05, 4.69) is 266 Å². The lowest BCUT2D eigenvalue weighted by Crippen LogP contribution is -2.34. The SMILES string of the molecule is c1ccc(-c2c3cccc2C(c2ccccc2)(c2ccccc2N(c2ccccc2)c2ccc(-c4cc5ccccc5c5ccccc45)cc2)c2ccccc2-c2ccccc2-3)cc1. The quantitative estimate of drug-likeness (QED) is 0.145. The maximum absolute atomic E-state index is 2.46. The number of hydrogen-bond acceptors (Lipinski definition) is 1. The molecule has 0 amide bonds. The van der Waals surface area contributed by atoms with E-state index in [0.717, 1.165) is 17.1 Å². The second kappa shape index (κ2) is 15.6. The van der Waals surface area contributed by atoms with E-state index in [4.69, 9.17) is 0 Å². The molecule has 11 aromatic rings. The zero-order chi connectivity index (χ0) is 42.5. The average Bonchev–Trinajstić information content (AvgIpc) is 3.38. The van der Waals surface area contributed by atoms with Crippen molar-refractivity contribution in [2.75, 3.05) is 4.90 Å². The van der Waals surface area contributed by atoms with E-state index >= 15 is 0 Å². The van der Waals surface area contributed by atoms with Crippen LogP contribution < -0.4 is 4.90 Å². The number of hydrogen-bond donors (Lipinski definition) is 0. The normalized spacial score (nSPS) is 14.0. The fourth-order valence-corrected chi connectivity index (χ4v) is 10.7. The van der Waals surface area contributed by atoms with Gasteiger partial charge in [-0.05, 0) is 125 Å². The first-order chi connectivity index (χ1) is 31.8. The van der Waals surface area contributed by atoms with E-state index in [9.17, 15) is 0 Å². The highest BCUT2D eigenvalue weighted by molar-refractivity contribution is 6.13. The Morgan fingerprint density at radius 2 is 0.797 bits per heavy atom. The van der Waals surface area contributed by atoms with E-state index in [1.807, 2.05) is 0 Å². The van der Waals surface area contributed by atoms with Crippen molar-refractivity contribution >= 4 is 38.6 Å². The molecule has 0 radical (unpaired) electrons. The molecule has 0 aromatic heterocycles. The van der Waals surface area contributed by atoms with Crippen molar-refractivity contribution < 1.29 is 0 Å².